The molecule has 2 amide bonds. The molecule has 2 atom stereocenters. The van der Waals surface area contributed by atoms with Crippen LogP contribution in [0.4, 0.5) is 0 Å². The van der Waals surface area contributed by atoms with Gasteiger partial charge in [0.05, 0.1) is 12.2 Å². The number of benzene rings is 1. The second-order valence-corrected chi connectivity index (χ2v) is 4.98. The molecule has 1 aliphatic heterocycles. The van der Waals surface area contributed by atoms with Crippen molar-refractivity contribution in [2.45, 2.75) is 25.0 Å². The fourth-order valence-corrected chi connectivity index (χ4v) is 2.15. The van der Waals surface area contributed by atoms with E-state index < -0.39 is 17.9 Å². The molecule has 0 bridgehead atoms. The molecule has 1 aromatic rings. The van der Waals surface area contributed by atoms with Gasteiger partial charge in [-0.3, -0.25) is 9.59 Å². The van der Waals surface area contributed by atoms with Gasteiger partial charge in [0.15, 0.2) is 0 Å². The molecule has 0 aliphatic carbocycles. The Kier molecular flexibility index (Phi) is 5.71. The fraction of sp³-hybridized carbons (Fsp3) is 0.467. The molecular weight excluding hydrogens is 272 g/mol. The van der Waals surface area contributed by atoms with Crippen LogP contribution in [0.3, 0.4) is 0 Å². The van der Waals surface area contributed by atoms with E-state index in [4.69, 9.17) is 4.74 Å². The smallest absolute Gasteiger partial charge is 0.309 e. The van der Waals surface area contributed by atoms with Gasteiger partial charge in [0, 0.05) is 19.7 Å². The summed E-state index contributed by atoms with van der Waals surface area (Å²) in [5.74, 6) is -1.45. The van der Waals surface area contributed by atoms with Crippen LogP contribution >= 0.6 is 0 Å². The van der Waals surface area contributed by atoms with Crippen molar-refractivity contribution in [3.63, 3.8) is 0 Å². The Balaban J connectivity index is 1.69. The summed E-state index contributed by atoms with van der Waals surface area (Å²) < 4.78 is 5.35. The largest absolute Gasteiger partial charge is 0.387 e. The standard InChI is InChI=1S/C15H20N2O4/c18-13(11-5-2-1-3-6-11)10-17-15(20)14(19)16-9-12-7-4-8-21-12/h1-3,5-6,12-13,18H,4,7-10H2,(H,16,19)(H,17,20)/t12-,13-/m0/s1. The normalized spacial score (nSPS) is 19.0. The van der Waals surface area contributed by atoms with Crippen molar-refractivity contribution >= 4 is 11.8 Å². The molecule has 2 rings (SSSR count). The SMILES string of the molecule is O=C(NC[C@@H]1CCCO1)C(=O)NC[C@H](O)c1ccccc1. The van der Waals surface area contributed by atoms with E-state index in [0.29, 0.717) is 18.7 Å². The summed E-state index contributed by atoms with van der Waals surface area (Å²) in [6.07, 6.45) is 1.04. The van der Waals surface area contributed by atoms with Crippen molar-refractivity contribution in [3.8, 4) is 0 Å². The Bertz CT molecular complexity index is 472. The predicted molar refractivity (Wildman–Crippen MR) is 76.4 cm³/mol. The molecule has 114 valence electrons. The average Bonchev–Trinajstić information content (AvgIpc) is 3.04. The van der Waals surface area contributed by atoms with Gasteiger partial charge in [-0.2, -0.15) is 0 Å². The van der Waals surface area contributed by atoms with Crippen LogP contribution in [-0.4, -0.2) is 42.7 Å². The van der Waals surface area contributed by atoms with E-state index in [1.54, 1.807) is 24.3 Å². The Morgan fingerprint density at radius 1 is 1.24 bits per heavy atom. The number of ether oxygens (including phenoxy) is 1. The number of carbonyl (C=O) groups excluding carboxylic acids is 2. The number of hydrogen-bond donors (Lipinski definition) is 3. The third-order valence-electron chi connectivity index (χ3n) is 3.36. The second-order valence-electron chi connectivity index (χ2n) is 4.98. The molecule has 1 aliphatic rings. The number of hydrogen-bond acceptors (Lipinski definition) is 4. The number of carbonyl (C=O) groups is 2. The van der Waals surface area contributed by atoms with Crippen LogP contribution in [0.5, 0.6) is 0 Å². The van der Waals surface area contributed by atoms with Gasteiger partial charge in [-0.25, -0.2) is 0 Å². The van der Waals surface area contributed by atoms with E-state index in [9.17, 15) is 14.7 Å². The van der Waals surface area contributed by atoms with Gasteiger partial charge in [-0.05, 0) is 18.4 Å². The molecule has 1 fully saturated rings. The molecule has 1 saturated heterocycles. The number of aliphatic hydroxyl groups is 1. The van der Waals surface area contributed by atoms with Crippen molar-refractivity contribution < 1.29 is 19.4 Å². The average molecular weight is 292 g/mol. The molecular formula is C15H20N2O4. The summed E-state index contributed by atoms with van der Waals surface area (Å²) in [6.45, 7) is 1.04. The van der Waals surface area contributed by atoms with Crippen LogP contribution in [0.15, 0.2) is 30.3 Å². The molecule has 6 nitrogen and oxygen atoms in total. The Morgan fingerprint density at radius 2 is 1.95 bits per heavy atom. The van der Waals surface area contributed by atoms with Crippen LogP contribution in [0, 0.1) is 0 Å². The summed E-state index contributed by atoms with van der Waals surface area (Å²) in [4.78, 5) is 23.2. The van der Waals surface area contributed by atoms with Gasteiger partial charge in [0.25, 0.3) is 0 Å². The van der Waals surface area contributed by atoms with Crippen molar-refractivity contribution in [2.24, 2.45) is 0 Å². The lowest BCUT2D eigenvalue weighted by Gasteiger charge is -2.13. The van der Waals surface area contributed by atoms with E-state index >= 15 is 0 Å². The van der Waals surface area contributed by atoms with Crippen molar-refractivity contribution in [2.75, 3.05) is 19.7 Å². The van der Waals surface area contributed by atoms with E-state index in [2.05, 4.69) is 10.6 Å². The minimum absolute atomic E-state index is 0.00309. The van der Waals surface area contributed by atoms with Crippen LogP contribution in [0.2, 0.25) is 0 Å². The zero-order valence-electron chi connectivity index (χ0n) is 11.7. The zero-order valence-corrected chi connectivity index (χ0v) is 11.7. The highest BCUT2D eigenvalue weighted by Gasteiger charge is 2.19. The molecule has 6 heteroatoms. The van der Waals surface area contributed by atoms with Crippen LogP contribution in [0.1, 0.15) is 24.5 Å². The first kappa shape index (κ1) is 15.5. The van der Waals surface area contributed by atoms with Gasteiger partial charge in [-0.15, -0.1) is 0 Å². The van der Waals surface area contributed by atoms with E-state index in [0.717, 1.165) is 12.8 Å². The predicted octanol–water partition coefficient (Wildman–Crippen LogP) is 0.131. The van der Waals surface area contributed by atoms with Gasteiger partial charge in [-0.1, -0.05) is 30.3 Å². The van der Waals surface area contributed by atoms with Gasteiger partial charge in [0.1, 0.15) is 0 Å². The summed E-state index contributed by atoms with van der Waals surface area (Å²) >= 11 is 0. The monoisotopic (exact) mass is 292 g/mol. The second kappa shape index (κ2) is 7.75. The summed E-state index contributed by atoms with van der Waals surface area (Å²) in [6, 6.07) is 8.96. The lowest BCUT2D eigenvalue weighted by atomic mass is 10.1. The number of aliphatic hydroxyl groups excluding tert-OH is 1. The van der Waals surface area contributed by atoms with Crippen molar-refractivity contribution in [1.82, 2.24) is 10.6 Å². The van der Waals surface area contributed by atoms with Crippen molar-refractivity contribution in [1.29, 1.82) is 0 Å². The van der Waals surface area contributed by atoms with Gasteiger partial charge < -0.3 is 20.5 Å². The lowest BCUT2D eigenvalue weighted by molar-refractivity contribution is -0.139. The van der Waals surface area contributed by atoms with Gasteiger partial charge >= 0.3 is 11.8 Å². The number of amides is 2. The highest BCUT2D eigenvalue weighted by Crippen LogP contribution is 2.11. The molecule has 0 unspecified atom stereocenters. The molecule has 1 aromatic carbocycles. The number of rotatable bonds is 5. The maximum Gasteiger partial charge on any atom is 0.309 e. The molecule has 3 N–H and O–H groups in total. The highest BCUT2D eigenvalue weighted by molar-refractivity contribution is 6.35. The first-order valence-corrected chi connectivity index (χ1v) is 7.07. The fourth-order valence-electron chi connectivity index (χ4n) is 2.15. The van der Waals surface area contributed by atoms with Crippen LogP contribution in [-0.2, 0) is 14.3 Å². The molecule has 0 spiro atoms. The summed E-state index contributed by atoms with van der Waals surface area (Å²) in [7, 11) is 0. The maximum atomic E-state index is 11.6. The zero-order chi connectivity index (χ0) is 15.1. The first-order chi connectivity index (χ1) is 10.2. The highest BCUT2D eigenvalue weighted by atomic mass is 16.5. The van der Waals surface area contributed by atoms with Crippen LogP contribution < -0.4 is 10.6 Å². The van der Waals surface area contributed by atoms with Crippen molar-refractivity contribution in [3.05, 3.63) is 35.9 Å². The van der Waals surface area contributed by atoms with Gasteiger partial charge in [0.2, 0.25) is 0 Å². The Labute approximate surface area is 123 Å². The molecule has 21 heavy (non-hydrogen) atoms. The van der Waals surface area contributed by atoms with E-state index in [-0.39, 0.29) is 12.6 Å². The van der Waals surface area contributed by atoms with E-state index in [1.165, 1.54) is 0 Å². The molecule has 0 radical (unpaired) electrons. The molecule has 1 heterocycles. The Morgan fingerprint density at radius 3 is 2.62 bits per heavy atom. The number of nitrogens with one attached hydrogen (secondary N) is 2. The van der Waals surface area contributed by atoms with Crippen LogP contribution in [0.25, 0.3) is 0 Å². The third-order valence-corrected chi connectivity index (χ3v) is 3.36. The molecule has 0 saturated carbocycles. The molecule has 0 aromatic heterocycles. The third kappa shape index (κ3) is 4.84. The lowest BCUT2D eigenvalue weighted by Crippen LogP contribution is -2.43. The minimum Gasteiger partial charge on any atom is -0.387 e. The minimum atomic E-state index is -0.832. The maximum absolute atomic E-state index is 11.6. The van der Waals surface area contributed by atoms with E-state index in [1.807, 2.05) is 6.07 Å². The Hall–Kier alpha value is -1.92. The quantitative estimate of drug-likeness (QED) is 0.673. The summed E-state index contributed by atoms with van der Waals surface area (Å²) in [5, 5.41) is 14.8. The summed E-state index contributed by atoms with van der Waals surface area (Å²) in [5.41, 5.74) is 0.692. The topological polar surface area (TPSA) is 87.7 Å². The first-order valence-electron chi connectivity index (χ1n) is 7.07.